The van der Waals surface area contributed by atoms with Gasteiger partial charge in [-0.1, -0.05) is 36.4 Å². The maximum Gasteiger partial charge on any atom is 0.124 e. The summed E-state index contributed by atoms with van der Waals surface area (Å²) in [5.74, 6) is 1.92. The fourth-order valence-electron chi connectivity index (χ4n) is 2.47. The lowest BCUT2D eigenvalue weighted by molar-refractivity contribution is 0.242. The minimum atomic E-state index is 0.360. The zero-order valence-electron chi connectivity index (χ0n) is 11.4. The summed E-state index contributed by atoms with van der Waals surface area (Å²) in [5.41, 5.74) is 1.25. The molecule has 1 unspecified atom stereocenters. The molecule has 0 spiro atoms. The average molecular weight is 269 g/mol. The van der Waals surface area contributed by atoms with Gasteiger partial charge in [0.2, 0.25) is 0 Å². The molecular formula is C17H19NO2. The van der Waals surface area contributed by atoms with Crippen molar-refractivity contribution in [3.05, 3.63) is 60.2 Å². The Morgan fingerprint density at radius 3 is 2.75 bits per heavy atom. The van der Waals surface area contributed by atoms with Gasteiger partial charge in [0, 0.05) is 24.6 Å². The quantitative estimate of drug-likeness (QED) is 0.846. The monoisotopic (exact) mass is 269 g/mol. The van der Waals surface area contributed by atoms with Gasteiger partial charge in [0.1, 0.15) is 18.1 Å². The molecule has 0 aromatic heterocycles. The summed E-state index contributed by atoms with van der Waals surface area (Å²) in [4.78, 5) is 0. The Kier molecular flexibility index (Phi) is 4.19. The lowest BCUT2D eigenvalue weighted by Gasteiger charge is -2.26. The zero-order chi connectivity index (χ0) is 13.6. The van der Waals surface area contributed by atoms with Crippen LogP contribution in [0.25, 0.3) is 0 Å². The molecule has 3 nitrogen and oxygen atoms in total. The van der Waals surface area contributed by atoms with Gasteiger partial charge in [-0.3, -0.25) is 0 Å². The molecular weight excluding hydrogens is 250 g/mol. The fourth-order valence-corrected chi connectivity index (χ4v) is 2.47. The van der Waals surface area contributed by atoms with E-state index < -0.39 is 0 Å². The van der Waals surface area contributed by atoms with Crippen molar-refractivity contribution in [1.82, 2.24) is 5.32 Å². The summed E-state index contributed by atoms with van der Waals surface area (Å²) >= 11 is 0. The Bertz CT molecular complexity index is 542. The topological polar surface area (TPSA) is 30.5 Å². The Morgan fingerprint density at radius 2 is 1.85 bits per heavy atom. The highest BCUT2D eigenvalue weighted by molar-refractivity contribution is 5.37. The van der Waals surface area contributed by atoms with E-state index in [0.717, 1.165) is 31.1 Å². The van der Waals surface area contributed by atoms with Gasteiger partial charge >= 0.3 is 0 Å². The van der Waals surface area contributed by atoms with Crippen LogP contribution in [0.3, 0.4) is 0 Å². The lowest BCUT2D eigenvalue weighted by atomic mass is 10.0. The smallest absolute Gasteiger partial charge is 0.124 e. The Labute approximate surface area is 119 Å². The Hall–Kier alpha value is -2.00. The number of nitrogens with one attached hydrogen (secondary N) is 1. The van der Waals surface area contributed by atoms with Crippen LogP contribution < -0.4 is 14.8 Å². The molecule has 104 valence electrons. The number of ether oxygens (including phenoxy) is 2. The van der Waals surface area contributed by atoms with E-state index >= 15 is 0 Å². The number of benzene rings is 2. The summed E-state index contributed by atoms with van der Waals surface area (Å²) < 4.78 is 11.3. The van der Waals surface area contributed by atoms with E-state index in [1.165, 1.54) is 5.56 Å². The summed E-state index contributed by atoms with van der Waals surface area (Å²) in [6.07, 6.45) is 1.00. The zero-order valence-corrected chi connectivity index (χ0v) is 11.4. The van der Waals surface area contributed by atoms with Crippen LogP contribution in [0.4, 0.5) is 0 Å². The van der Waals surface area contributed by atoms with Crippen LogP contribution in [0, 0.1) is 0 Å². The first-order valence-corrected chi connectivity index (χ1v) is 7.06. The van der Waals surface area contributed by atoms with E-state index in [1.54, 1.807) is 0 Å². The molecule has 1 aliphatic rings. The first-order chi connectivity index (χ1) is 9.93. The normalized spacial score (nSPS) is 17.1. The summed E-state index contributed by atoms with van der Waals surface area (Å²) in [5, 5.41) is 3.54. The Balaban J connectivity index is 1.50. The third kappa shape index (κ3) is 3.11. The molecule has 0 saturated carbocycles. The van der Waals surface area contributed by atoms with Crippen LogP contribution in [0.1, 0.15) is 18.0 Å². The van der Waals surface area contributed by atoms with E-state index in [0.29, 0.717) is 12.6 Å². The van der Waals surface area contributed by atoms with Crippen LogP contribution in [-0.2, 0) is 0 Å². The first kappa shape index (κ1) is 13.0. The average Bonchev–Trinajstić information content (AvgIpc) is 2.53. The third-order valence-electron chi connectivity index (χ3n) is 3.46. The van der Waals surface area contributed by atoms with Crippen LogP contribution in [0.15, 0.2) is 54.6 Å². The van der Waals surface area contributed by atoms with Crippen molar-refractivity contribution in [3.63, 3.8) is 0 Å². The van der Waals surface area contributed by atoms with Gasteiger partial charge in [-0.15, -0.1) is 0 Å². The lowest BCUT2D eigenvalue weighted by Crippen LogP contribution is -2.30. The van der Waals surface area contributed by atoms with E-state index in [4.69, 9.17) is 9.47 Å². The van der Waals surface area contributed by atoms with Gasteiger partial charge in [-0.2, -0.15) is 0 Å². The van der Waals surface area contributed by atoms with Crippen LogP contribution in [0.2, 0.25) is 0 Å². The van der Waals surface area contributed by atoms with Gasteiger partial charge in [0.05, 0.1) is 6.61 Å². The van der Waals surface area contributed by atoms with Crippen molar-refractivity contribution in [1.29, 1.82) is 0 Å². The predicted octanol–water partition coefficient (Wildman–Crippen LogP) is 3.18. The molecule has 3 heteroatoms. The largest absolute Gasteiger partial charge is 0.493 e. The van der Waals surface area contributed by atoms with Crippen LogP contribution in [-0.4, -0.2) is 19.8 Å². The van der Waals surface area contributed by atoms with Crippen LogP contribution >= 0.6 is 0 Å². The van der Waals surface area contributed by atoms with Crippen molar-refractivity contribution >= 4 is 0 Å². The highest BCUT2D eigenvalue weighted by atomic mass is 16.5. The standard InChI is InChI=1S/C17H19NO2/c1-2-6-14(7-3-1)19-13-11-18-16-10-12-20-17-9-5-4-8-15(16)17/h1-9,16,18H,10-13H2. The molecule has 1 heterocycles. The summed E-state index contributed by atoms with van der Waals surface area (Å²) in [6, 6.07) is 18.5. The number of hydrogen-bond acceptors (Lipinski definition) is 3. The SMILES string of the molecule is c1ccc(OCCNC2CCOc3ccccc32)cc1. The van der Waals surface area contributed by atoms with Gasteiger partial charge < -0.3 is 14.8 Å². The molecule has 1 N–H and O–H groups in total. The molecule has 20 heavy (non-hydrogen) atoms. The second-order valence-corrected chi connectivity index (χ2v) is 4.84. The molecule has 0 radical (unpaired) electrons. The molecule has 0 fully saturated rings. The van der Waals surface area contributed by atoms with Crippen LogP contribution in [0.5, 0.6) is 11.5 Å². The summed E-state index contributed by atoms with van der Waals surface area (Å²) in [6.45, 7) is 2.27. The van der Waals surface area contributed by atoms with Crippen molar-refractivity contribution in [2.45, 2.75) is 12.5 Å². The second kappa shape index (κ2) is 6.44. The molecule has 0 aliphatic carbocycles. The van der Waals surface area contributed by atoms with E-state index in [1.807, 2.05) is 42.5 Å². The molecule has 3 rings (SSSR count). The molecule has 1 atom stereocenters. The predicted molar refractivity (Wildman–Crippen MR) is 79.2 cm³/mol. The van der Waals surface area contributed by atoms with E-state index in [9.17, 15) is 0 Å². The third-order valence-corrected chi connectivity index (χ3v) is 3.46. The maximum atomic E-state index is 5.69. The number of rotatable bonds is 5. The first-order valence-electron chi connectivity index (χ1n) is 7.06. The van der Waals surface area contributed by atoms with E-state index in [-0.39, 0.29) is 0 Å². The number of hydrogen-bond donors (Lipinski definition) is 1. The minimum Gasteiger partial charge on any atom is -0.493 e. The molecule has 0 amide bonds. The molecule has 2 aromatic carbocycles. The maximum absolute atomic E-state index is 5.69. The highest BCUT2D eigenvalue weighted by Gasteiger charge is 2.19. The highest BCUT2D eigenvalue weighted by Crippen LogP contribution is 2.31. The summed E-state index contributed by atoms with van der Waals surface area (Å²) in [7, 11) is 0. The Morgan fingerprint density at radius 1 is 1.05 bits per heavy atom. The van der Waals surface area contributed by atoms with Gasteiger partial charge in [0.15, 0.2) is 0 Å². The van der Waals surface area contributed by atoms with Gasteiger partial charge in [-0.05, 0) is 18.2 Å². The van der Waals surface area contributed by atoms with Crippen molar-refractivity contribution in [3.8, 4) is 11.5 Å². The van der Waals surface area contributed by atoms with E-state index in [2.05, 4.69) is 17.4 Å². The number of fused-ring (bicyclic) bond motifs is 1. The molecule has 0 bridgehead atoms. The minimum absolute atomic E-state index is 0.360. The second-order valence-electron chi connectivity index (χ2n) is 4.84. The van der Waals surface area contributed by atoms with Gasteiger partial charge in [-0.25, -0.2) is 0 Å². The van der Waals surface area contributed by atoms with Crippen molar-refractivity contribution < 1.29 is 9.47 Å². The molecule has 0 saturated heterocycles. The van der Waals surface area contributed by atoms with Crippen molar-refractivity contribution in [2.75, 3.05) is 19.8 Å². The van der Waals surface area contributed by atoms with Crippen molar-refractivity contribution in [2.24, 2.45) is 0 Å². The fraction of sp³-hybridized carbons (Fsp3) is 0.294. The number of para-hydroxylation sites is 2. The molecule has 1 aliphatic heterocycles. The molecule has 2 aromatic rings. The van der Waals surface area contributed by atoms with Gasteiger partial charge in [0.25, 0.3) is 0 Å².